The summed E-state index contributed by atoms with van der Waals surface area (Å²) in [6, 6.07) is 6.78. The van der Waals surface area contributed by atoms with Crippen LogP contribution in [0.2, 0.25) is 0 Å². The largest absolute Gasteiger partial charge is 0.409 e. The molecular formula is C11H14IN3O2. The van der Waals surface area contributed by atoms with Gasteiger partial charge in [-0.05, 0) is 41.1 Å². The number of nitrogens with two attached hydrogens (primary N) is 1. The molecule has 1 rings (SSSR count). The zero-order valence-corrected chi connectivity index (χ0v) is 11.5. The van der Waals surface area contributed by atoms with Crippen LogP contribution in [-0.4, -0.2) is 23.0 Å². The average molecular weight is 347 g/mol. The molecule has 0 aliphatic rings. The van der Waals surface area contributed by atoms with Crippen LogP contribution >= 0.6 is 22.6 Å². The van der Waals surface area contributed by atoms with Crippen molar-refractivity contribution in [2.24, 2.45) is 10.9 Å². The summed E-state index contributed by atoms with van der Waals surface area (Å²) in [6.45, 7) is 1.85. The van der Waals surface area contributed by atoms with Gasteiger partial charge in [0.15, 0.2) is 5.84 Å². The Bertz CT molecular complexity index is 434. The number of nitrogens with zero attached hydrogens (tertiary/aromatic N) is 1. The van der Waals surface area contributed by atoms with Crippen molar-refractivity contribution in [3.8, 4) is 0 Å². The highest BCUT2D eigenvalue weighted by Gasteiger charge is 2.17. The van der Waals surface area contributed by atoms with Gasteiger partial charge >= 0.3 is 0 Å². The minimum absolute atomic E-state index is 0.00629. The number of benzene rings is 1. The van der Waals surface area contributed by atoms with E-state index < -0.39 is 6.04 Å². The molecule has 0 radical (unpaired) electrons. The van der Waals surface area contributed by atoms with E-state index in [9.17, 15) is 4.79 Å². The zero-order valence-electron chi connectivity index (χ0n) is 9.35. The molecule has 0 saturated carbocycles. The van der Waals surface area contributed by atoms with E-state index in [1.54, 1.807) is 12.1 Å². The monoisotopic (exact) mass is 347 g/mol. The fourth-order valence-electron chi connectivity index (χ4n) is 1.34. The van der Waals surface area contributed by atoms with Crippen LogP contribution < -0.4 is 11.1 Å². The molecule has 0 aliphatic heterocycles. The van der Waals surface area contributed by atoms with Crippen LogP contribution in [0.15, 0.2) is 29.4 Å². The van der Waals surface area contributed by atoms with E-state index in [1.165, 1.54) is 0 Å². The third kappa shape index (κ3) is 3.58. The lowest BCUT2D eigenvalue weighted by molar-refractivity contribution is 0.0944. The van der Waals surface area contributed by atoms with Crippen molar-refractivity contribution in [3.05, 3.63) is 33.4 Å². The summed E-state index contributed by atoms with van der Waals surface area (Å²) in [5, 5.41) is 14.2. The third-order valence-electron chi connectivity index (χ3n) is 2.30. The summed E-state index contributed by atoms with van der Waals surface area (Å²) in [4.78, 5) is 11.9. The lowest BCUT2D eigenvalue weighted by Gasteiger charge is -2.15. The Hall–Kier alpha value is -1.31. The topological polar surface area (TPSA) is 87.7 Å². The molecule has 17 heavy (non-hydrogen) atoms. The number of halogens is 1. The number of amides is 1. The highest BCUT2D eigenvalue weighted by atomic mass is 127. The maximum Gasteiger partial charge on any atom is 0.252 e. The highest BCUT2D eigenvalue weighted by Crippen LogP contribution is 2.11. The van der Waals surface area contributed by atoms with Gasteiger partial charge in [-0.15, -0.1) is 0 Å². The Morgan fingerprint density at radius 2 is 2.24 bits per heavy atom. The van der Waals surface area contributed by atoms with Gasteiger partial charge in [-0.3, -0.25) is 4.79 Å². The first-order chi connectivity index (χ1) is 8.10. The summed E-state index contributed by atoms with van der Waals surface area (Å²) in [5.41, 5.74) is 6.06. The lowest BCUT2D eigenvalue weighted by atomic mass is 10.1. The molecular weight excluding hydrogens is 333 g/mol. The number of oxime groups is 1. The van der Waals surface area contributed by atoms with Gasteiger partial charge in [0.2, 0.25) is 0 Å². The van der Waals surface area contributed by atoms with Crippen molar-refractivity contribution in [1.29, 1.82) is 0 Å². The smallest absolute Gasteiger partial charge is 0.252 e. The Balaban J connectivity index is 2.82. The predicted octanol–water partition coefficient (Wildman–Crippen LogP) is 1.55. The first kappa shape index (κ1) is 13.8. The van der Waals surface area contributed by atoms with Crippen molar-refractivity contribution in [3.63, 3.8) is 0 Å². The lowest BCUT2D eigenvalue weighted by Crippen LogP contribution is -2.44. The normalized spacial score (nSPS) is 13.2. The third-order valence-corrected chi connectivity index (χ3v) is 3.25. The molecule has 0 heterocycles. The quantitative estimate of drug-likeness (QED) is 0.254. The molecule has 0 aromatic heterocycles. The molecule has 6 heteroatoms. The van der Waals surface area contributed by atoms with Crippen LogP contribution in [0.1, 0.15) is 23.7 Å². The van der Waals surface area contributed by atoms with Gasteiger partial charge in [0.25, 0.3) is 5.91 Å². The van der Waals surface area contributed by atoms with E-state index in [0.29, 0.717) is 12.0 Å². The fraction of sp³-hybridized carbons (Fsp3) is 0.273. The summed E-state index contributed by atoms with van der Waals surface area (Å²) in [5.74, 6) is -0.222. The molecule has 1 unspecified atom stereocenters. The van der Waals surface area contributed by atoms with Crippen molar-refractivity contribution in [2.45, 2.75) is 19.4 Å². The van der Waals surface area contributed by atoms with Crippen molar-refractivity contribution in [2.75, 3.05) is 0 Å². The molecule has 5 nitrogen and oxygen atoms in total. The number of carbonyl (C=O) groups is 1. The molecule has 0 saturated heterocycles. The molecule has 4 N–H and O–H groups in total. The van der Waals surface area contributed by atoms with E-state index in [0.717, 1.165) is 3.57 Å². The van der Waals surface area contributed by atoms with E-state index in [1.807, 2.05) is 19.1 Å². The van der Waals surface area contributed by atoms with Crippen molar-refractivity contribution in [1.82, 2.24) is 5.32 Å². The van der Waals surface area contributed by atoms with Gasteiger partial charge in [0, 0.05) is 3.57 Å². The molecule has 0 spiro atoms. The summed E-state index contributed by atoms with van der Waals surface area (Å²) in [6.07, 6.45) is 0.561. The number of amidine groups is 1. The Morgan fingerprint density at radius 3 is 2.76 bits per heavy atom. The number of rotatable bonds is 4. The molecule has 1 atom stereocenters. The number of carbonyl (C=O) groups excluding carboxylic acids is 1. The number of hydrogen-bond donors (Lipinski definition) is 3. The second-order valence-electron chi connectivity index (χ2n) is 3.44. The summed E-state index contributed by atoms with van der Waals surface area (Å²) in [7, 11) is 0. The van der Waals surface area contributed by atoms with Gasteiger partial charge in [-0.1, -0.05) is 24.2 Å². The van der Waals surface area contributed by atoms with E-state index in [2.05, 4.69) is 33.1 Å². The van der Waals surface area contributed by atoms with Crippen LogP contribution in [0.4, 0.5) is 0 Å². The molecule has 0 fully saturated rings. The molecule has 1 aromatic carbocycles. The van der Waals surface area contributed by atoms with Crippen LogP contribution in [0.5, 0.6) is 0 Å². The SMILES string of the molecule is CCC(NC(=O)c1ccccc1I)/C(N)=N/O. The van der Waals surface area contributed by atoms with Gasteiger partial charge in [0.05, 0.1) is 11.6 Å². The van der Waals surface area contributed by atoms with Crippen molar-refractivity contribution < 1.29 is 10.0 Å². The molecule has 1 amide bonds. The second-order valence-corrected chi connectivity index (χ2v) is 4.60. The molecule has 1 aromatic rings. The van der Waals surface area contributed by atoms with Crippen LogP contribution in [0.3, 0.4) is 0 Å². The average Bonchev–Trinajstić information content (AvgIpc) is 2.35. The van der Waals surface area contributed by atoms with E-state index >= 15 is 0 Å². The van der Waals surface area contributed by atoms with Gasteiger partial charge in [0.1, 0.15) is 0 Å². The van der Waals surface area contributed by atoms with E-state index in [-0.39, 0.29) is 11.7 Å². The highest BCUT2D eigenvalue weighted by molar-refractivity contribution is 14.1. The standard InChI is InChI=1S/C11H14IN3O2/c1-2-9(10(13)15-17)14-11(16)7-5-3-4-6-8(7)12/h3-6,9,17H,2H2,1H3,(H2,13,15)(H,14,16). The first-order valence-electron chi connectivity index (χ1n) is 5.13. The second kappa shape index (κ2) is 6.43. The summed E-state index contributed by atoms with van der Waals surface area (Å²) >= 11 is 2.09. The van der Waals surface area contributed by atoms with Gasteiger partial charge in [-0.2, -0.15) is 0 Å². The van der Waals surface area contributed by atoms with Crippen LogP contribution in [0, 0.1) is 3.57 Å². The molecule has 0 bridgehead atoms. The van der Waals surface area contributed by atoms with E-state index in [4.69, 9.17) is 10.9 Å². The zero-order chi connectivity index (χ0) is 12.8. The Morgan fingerprint density at radius 1 is 1.59 bits per heavy atom. The fourth-order valence-corrected chi connectivity index (χ4v) is 1.97. The van der Waals surface area contributed by atoms with Gasteiger partial charge < -0.3 is 16.3 Å². The van der Waals surface area contributed by atoms with Crippen molar-refractivity contribution >= 4 is 34.3 Å². The van der Waals surface area contributed by atoms with Gasteiger partial charge in [-0.25, -0.2) is 0 Å². The maximum atomic E-state index is 11.9. The Kier molecular flexibility index (Phi) is 5.20. The van der Waals surface area contributed by atoms with Crippen LogP contribution in [0.25, 0.3) is 0 Å². The molecule has 0 aliphatic carbocycles. The number of nitrogens with one attached hydrogen (secondary N) is 1. The molecule has 92 valence electrons. The van der Waals surface area contributed by atoms with Crippen LogP contribution in [-0.2, 0) is 0 Å². The predicted molar refractivity (Wildman–Crippen MR) is 74.1 cm³/mol. The minimum Gasteiger partial charge on any atom is -0.409 e. The maximum absolute atomic E-state index is 11.9. The Labute approximate surface area is 113 Å². The summed E-state index contributed by atoms with van der Waals surface area (Å²) < 4.78 is 0.858. The first-order valence-corrected chi connectivity index (χ1v) is 6.20. The minimum atomic E-state index is -0.455. The number of hydrogen-bond acceptors (Lipinski definition) is 3.